The van der Waals surface area contributed by atoms with Gasteiger partial charge in [-0.1, -0.05) is 13.3 Å². The molecule has 2 N–H and O–H groups in total. The van der Waals surface area contributed by atoms with Gasteiger partial charge in [-0.25, -0.2) is 13.2 Å². The van der Waals surface area contributed by atoms with Crippen LogP contribution in [0.15, 0.2) is 0 Å². The summed E-state index contributed by atoms with van der Waals surface area (Å²) < 4.78 is 22.9. The molecule has 1 fully saturated rings. The lowest BCUT2D eigenvalue weighted by Crippen LogP contribution is -2.46. The zero-order valence-electron chi connectivity index (χ0n) is 11.7. The minimum atomic E-state index is -3.06. The molecule has 1 aliphatic rings. The van der Waals surface area contributed by atoms with Crippen LogP contribution < -0.4 is 5.32 Å². The van der Waals surface area contributed by atoms with E-state index in [-0.39, 0.29) is 30.5 Å². The van der Waals surface area contributed by atoms with Gasteiger partial charge < -0.3 is 15.3 Å². The van der Waals surface area contributed by atoms with E-state index in [9.17, 15) is 18.0 Å². The van der Waals surface area contributed by atoms with E-state index in [4.69, 9.17) is 5.11 Å². The first kappa shape index (κ1) is 16.7. The van der Waals surface area contributed by atoms with Crippen molar-refractivity contribution in [3.8, 4) is 0 Å². The predicted molar refractivity (Wildman–Crippen MR) is 74.3 cm³/mol. The number of hydrogen-bond acceptors (Lipinski definition) is 4. The number of carbonyl (C=O) groups is 2. The van der Waals surface area contributed by atoms with Crippen LogP contribution in [0.3, 0.4) is 0 Å². The van der Waals surface area contributed by atoms with E-state index in [1.165, 1.54) is 4.90 Å². The third kappa shape index (κ3) is 5.77. The summed E-state index contributed by atoms with van der Waals surface area (Å²) in [6.07, 6.45) is 1.66. The standard InChI is InChI=1S/C12H22N2O5S/c1-2-4-10(9-11(15)16)13-12(17)14-5-3-7-20(18,19)8-6-14/h10H,2-9H2,1H3,(H,13,17)(H,15,16). The van der Waals surface area contributed by atoms with E-state index < -0.39 is 21.8 Å². The Balaban J connectivity index is 2.57. The normalized spacial score (nSPS) is 19.9. The van der Waals surface area contributed by atoms with Crippen molar-refractivity contribution in [2.24, 2.45) is 0 Å². The Morgan fingerprint density at radius 1 is 1.30 bits per heavy atom. The topological polar surface area (TPSA) is 104 Å². The van der Waals surface area contributed by atoms with Gasteiger partial charge in [-0.2, -0.15) is 0 Å². The fourth-order valence-corrected chi connectivity index (χ4v) is 3.46. The Bertz CT molecular complexity index is 449. The first-order chi connectivity index (χ1) is 9.34. The summed E-state index contributed by atoms with van der Waals surface area (Å²) in [5.74, 6) is -0.885. The molecule has 1 heterocycles. The number of sulfone groups is 1. The van der Waals surface area contributed by atoms with Gasteiger partial charge in [0.15, 0.2) is 9.84 Å². The van der Waals surface area contributed by atoms with E-state index in [0.717, 1.165) is 6.42 Å². The lowest BCUT2D eigenvalue weighted by Gasteiger charge is -2.24. The molecule has 0 aromatic carbocycles. The zero-order valence-corrected chi connectivity index (χ0v) is 12.5. The maximum absolute atomic E-state index is 12.1. The molecule has 0 radical (unpaired) electrons. The molecule has 0 aliphatic carbocycles. The number of nitrogens with one attached hydrogen (secondary N) is 1. The van der Waals surface area contributed by atoms with E-state index in [0.29, 0.717) is 19.4 Å². The molecule has 0 bridgehead atoms. The quantitative estimate of drug-likeness (QED) is 0.768. The lowest BCUT2D eigenvalue weighted by molar-refractivity contribution is -0.137. The molecular formula is C12H22N2O5S. The van der Waals surface area contributed by atoms with E-state index in [1.807, 2.05) is 6.92 Å². The van der Waals surface area contributed by atoms with E-state index in [2.05, 4.69) is 5.32 Å². The van der Waals surface area contributed by atoms with Gasteiger partial charge in [-0.3, -0.25) is 4.79 Å². The number of rotatable bonds is 5. The molecule has 1 atom stereocenters. The number of carbonyl (C=O) groups excluding carboxylic acids is 1. The van der Waals surface area contributed by atoms with Crippen molar-refractivity contribution in [1.29, 1.82) is 0 Å². The molecule has 1 aliphatic heterocycles. The van der Waals surface area contributed by atoms with Gasteiger partial charge in [0.25, 0.3) is 0 Å². The minimum absolute atomic E-state index is 0.0300. The van der Waals surface area contributed by atoms with Crippen molar-refractivity contribution in [2.75, 3.05) is 24.6 Å². The summed E-state index contributed by atoms with van der Waals surface area (Å²) in [6, 6.07) is -0.785. The predicted octanol–water partition coefficient (Wildman–Crippen LogP) is 0.460. The molecule has 0 spiro atoms. The molecule has 7 nitrogen and oxygen atoms in total. The Morgan fingerprint density at radius 2 is 2.00 bits per heavy atom. The van der Waals surface area contributed by atoms with Gasteiger partial charge in [-0.15, -0.1) is 0 Å². The summed E-state index contributed by atoms with van der Waals surface area (Å²) in [4.78, 5) is 24.2. The highest BCUT2D eigenvalue weighted by Gasteiger charge is 2.24. The number of carboxylic acids is 1. The Morgan fingerprint density at radius 3 is 2.60 bits per heavy atom. The zero-order chi connectivity index (χ0) is 15.2. The summed E-state index contributed by atoms with van der Waals surface area (Å²) in [6.45, 7) is 2.47. The Hall–Kier alpha value is -1.31. The first-order valence-electron chi connectivity index (χ1n) is 6.81. The highest BCUT2D eigenvalue weighted by molar-refractivity contribution is 7.91. The molecule has 0 aromatic rings. The number of carboxylic acid groups (broad SMARTS) is 1. The van der Waals surface area contributed by atoms with Crippen LogP contribution in [0.5, 0.6) is 0 Å². The van der Waals surface area contributed by atoms with Crippen LogP contribution in [0.4, 0.5) is 4.79 Å². The minimum Gasteiger partial charge on any atom is -0.481 e. The third-order valence-electron chi connectivity index (χ3n) is 3.23. The van der Waals surface area contributed by atoms with Crippen molar-refractivity contribution in [2.45, 2.75) is 38.6 Å². The molecule has 1 saturated heterocycles. The van der Waals surface area contributed by atoms with Gasteiger partial charge in [0.1, 0.15) is 0 Å². The maximum atomic E-state index is 12.1. The van der Waals surface area contributed by atoms with Crippen LogP contribution in [-0.4, -0.2) is 61.1 Å². The van der Waals surface area contributed by atoms with Crippen LogP contribution in [0, 0.1) is 0 Å². The fourth-order valence-electron chi connectivity index (χ4n) is 2.19. The van der Waals surface area contributed by atoms with E-state index >= 15 is 0 Å². The second-order valence-corrected chi connectivity index (χ2v) is 7.33. The number of urea groups is 1. The molecule has 8 heteroatoms. The second-order valence-electron chi connectivity index (χ2n) is 5.03. The number of nitrogens with zero attached hydrogens (tertiary/aromatic N) is 1. The SMILES string of the molecule is CCCC(CC(=O)O)NC(=O)N1CCCS(=O)(=O)CC1. The van der Waals surface area contributed by atoms with Gasteiger partial charge in [0, 0.05) is 19.1 Å². The molecule has 0 saturated carbocycles. The van der Waals surface area contributed by atoms with Crippen LogP contribution in [0.1, 0.15) is 32.6 Å². The summed E-state index contributed by atoms with van der Waals surface area (Å²) in [5.41, 5.74) is 0. The van der Waals surface area contributed by atoms with Gasteiger partial charge in [0.2, 0.25) is 0 Å². The smallest absolute Gasteiger partial charge is 0.317 e. The monoisotopic (exact) mass is 306 g/mol. The summed E-state index contributed by atoms with van der Waals surface area (Å²) in [7, 11) is -3.06. The molecule has 1 rings (SSSR count). The van der Waals surface area contributed by atoms with Gasteiger partial charge in [-0.05, 0) is 12.8 Å². The van der Waals surface area contributed by atoms with Crippen LogP contribution in [-0.2, 0) is 14.6 Å². The van der Waals surface area contributed by atoms with Gasteiger partial charge in [0.05, 0.1) is 17.9 Å². The molecule has 1 unspecified atom stereocenters. The second kappa shape index (κ2) is 7.47. The highest BCUT2D eigenvalue weighted by atomic mass is 32.2. The number of amides is 2. The largest absolute Gasteiger partial charge is 0.481 e. The third-order valence-corrected chi connectivity index (χ3v) is 4.94. The van der Waals surface area contributed by atoms with Crippen molar-refractivity contribution in [3.05, 3.63) is 0 Å². The fraction of sp³-hybridized carbons (Fsp3) is 0.833. The van der Waals surface area contributed by atoms with Crippen LogP contribution in [0.2, 0.25) is 0 Å². The Kier molecular flexibility index (Phi) is 6.25. The molecule has 20 heavy (non-hydrogen) atoms. The average Bonchev–Trinajstić information content (AvgIpc) is 2.49. The first-order valence-corrected chi connectivity index (χ1v) is 8.64. The molecule has 2 amide bonds. The average molecular weight is 306 g/mol. The molecule has 116 valence electrons. The van der Waals surface area contributed by atoms with Crippen LogP contribution in [0.25, 0.3) is 0 Å². The number of hydrogen-bond donors (Lipinski definition) is 2. The molecular weight excluding hydrogens is 284 g/mol. The van der Waals surface area contributed by atoms with Crippen LogP contribution >= 0.6 is 0 Å². The molecule has 0 aromatic heterocycles. The van der Waals surface area contributed by atoms with Gasteiger partial charge >= 0.3 is 12.0 Å². The van der Waals surface area contributed by atoms with Crippen molar-refractivity contribution < 1.29 is 23.1 Å². The number of aliphatic carboxylic acids is 1. The maximum Gasteiger partial charge on any atom is 0.317 e. The van der Waals surface area contributed by atoms with E-state index in [1.54, 1.807) is 0 Å². The highest BCUT2D eigenvalue weighted by Crippen LogP contribution is 2.07. The van der Waals surface area contributed by atoms with Crippen molar-refractivity contribution >= 4 is 21.8 Å². The summed E-state index contributed by atoms with van der Waals surface area (Å²) in [5, 5.41) is 11.5. The summed E-state index contributed by atoms with van der Waals surface area (Å²) >= 11 is 0. The Labute approximate surface area is 119 Å². The lowest BCUT2D eigenvalue weighted by atomic mass is 10.1. The van der Waals surface area contributed by atoms with Crippen molar-refractivity contribution in [1.82, 2.24) is 10.2 Å². The van der Waals surface area contributed by atoms with Crippen molar-refractivity contribution in [3.63, 3.8) is 0 Å².